The highest BCUT2D eigenvalue weighted by molar-refractivity contribution is 9.13. The lowest BCUT2D eigenvalue weighted by Gasteiger charge is -2.30. The van der Waals surface area contributed by atoms with Crippen LogP contribution >= 0.6 is 43.2 Å². The van der Waals surface area contributed by atoms with Gasteiger partial charge >= 0.3 is 12.1 Å². The fourth-order valence-corrected chi connectivity index (χ4v) is 3.99. The van der Waals surface area contributed by atoms with Crippen molar-refractivity contribution >= 4 is 55.3 Å². The van der Waals surface area contributed by atoms with Gasteiger partial charge in [0.05, 0.1) is 3.79 Å². The molecule has 1 heterocycles. The summed E-state index contributed by atoms with van der Waals surface area (Å²) >= 11 is 7.97. The second-order valence-electron chi connectivity index (χ2n) is 5.68. The van der Waals surface area contributed by atoms with E-state index in [9.17, 15) is 14.7 Å². The molecule has 0 saturated carbocycles. The molecule has 124 valence electrons. The quantitative estimate of drug-likeness (QED) is 0.673. The van der Waals surface area contributed by atoms with Crippen molar-refractivity contribution in [2.75, 3.05) is 6.54 Å². The molecule has 1 aromatic heterocycles. The molecule has 1 amide bonds. The number of amides is 1. The van der Waals surface area contributed by atoms with Gasteiger partial charge in [-0.15, -0.1) is 11.3 Å². The minimum absolute atomic E-state index is 0.305. The van der Waals surface area contributed by atoms with Gasteiger partial charge in [-0.1, -0.05) is 6.92 Å². The van der Waals surface area contributed by atoms with E-state index < -0.39 is 23.7 Å². The molecule has 1 aromatic rings. The average molecular weight is 457 g/mol. The Bertz CT molecular complexity index is 534. The third kappa shape index (κ3) is 5.24. The maximum atomic E-state index is 12.4. The monoisotopic (exact) mass is 455 g/mol. The van der Waals surface area contributed by atoms with Gasteiger partial charge in [0.2, 0.25) is 0 Å². The molecule has 0 aliphatic heterocycles. The van der Waals surface area contributed by atoms with E-state index in [1.165, 1.54) is 16.2 Å². The SMILES string of the molecule is CCCN(C(=O)OC(C)(C)C)C(C(=O)O)c1cc(Br)c(Br)s1. The largest absolute Gasteiger partial charge is 0.479 e. The van der Waals surface area contributed by atoms with Gasteiger partial charge in [-0.3, -0.25) is 4.90 Å². The molecule has 1 N–H and O–H groups in total. The lowest BCUT2D eigenvalue weighted by atomic mass is 10.2. The first-order valence-electron chi connectivity index (χ1n) is 6.74. The summed E-state index contributed by atoms with van der Waals surface area (Å²) in [5, 5.41) is 9.60. The summed E-state index contributed by atoms with van der Waals surface area (Å²) in [6.07, 6.45) is 0.0129. The number of carbonyl (C=O) groups excluding carboxylic acids is 1. The number of thiophene rings is 1. The number of carboxylic acid groups (broad SMARTS) is 1. The van der Waals surface area contributed by atoms with Crippen molar-refractivity contribution < 1.29 is 19.4 Å². The molecule has 0 aliphatic carbocycles. The van der Waals surface area contributed by atoms with Crippen LogP contribution in [0.5, 0.6) is 0 Å². The van der Waals surface area contributed by atoms with Crippen molar-refractivity contribution in [3.05, 3.63) is 19.2 Å². The second-order valence-corrected chi connectivity index (χ2v) is 8.94. The van der Waals surface area contributed by atoms with E-state index in [0.717, 1.165) is 8.26 Å². The van der Waals surface area contributed by atoms with E-state index in [1.807, 2.05) is 6.92 Å². The van der Waals surface area contributed by atoms with E-state index in [1.54, 1.807) is 26.8 Å². The molecule has 1 atom stereocenters. The van der Waals surface area contributed by atoms with Gasteiger partial charge in [0.1, 0.15) is 5.60 Å². The molecule has 1 rings (SSSR count). The molecule has 0 bridgehead atoms. The van der Waals surface area contributed by atoms with E-state index in [0.29, 0.717) is 17.8 Å². The minimum atomic E-state index is -1.08. The molecular formula is C14H19Br2NO4S. The number of ether oxygens (including phenoxy) is 1. The number of carbonyl (C=O) groups is 2. The molecule has 0 saturated heterocycles. The number of hydrogen-bond acceptors (Lipinski definition) is 4. The van der Waals surface area contributed by atoms with Crippen molar-refractivity contribution in [2.45, 2.75) is 45.8 Å². The van der Waals surface area contributed by atoms with Crippen LogP contribution < -0.4 is 0 Å². The van der Waals surface area contributed by atoms with Crippen molar-refractivity contribution in [3.8, 4) is 0 Å². The minimum Gasteiger partial charge on any atom is -0.479 e. The first kappa shape index (κ1) is 19.4. The Hall–Kier alpha value is -0.600. The van der Waals surface area contributed by atoms with Crippen molar-refractivity contribution in [1.82, 2.24) is 4.90 Å². The van der Waals surface area contributed by atoms with Gasteiger partial charge in [0, 0.05) is 15.9 Å². The van der Waals surface area contributed by atoms with Crippen molar-refractivity contribution in [3.63, 3.8) is 0 Å². The van der Waals surface area contributed by atoms with E-state index >= 15 is 0 Å². The predicted octanol–water partition coefficient (Wildman–Crippen LogP) is 5.05. The highest BCUT2D eigenvalue weighted by atomic mass is 79.9. The van der Waals surface area contributed by atoms with Crippen LogP contribution in [0.15, 0.2) is 14.3 Å². The number of carboxylic acids is 1. The van der Waals surface area contributed by atoms with Crippen LogP contribution in [0.25, 0.3) is 0 Å². The predicted molar refractivity (Wildman–Crippen MR) is 93.3 cm³/mol. The molecule has 0 radical (unpaired) electrons. The van der Waals surface area contributed by atoms with Crippen LogP contribution in [0.3, 0.4) is 0 Å². The number of aliphatic carboxylic acids is 1. The topological polar surface area (TPSA) is 66.8 Å². The van der Waals surface area contributed by atoms with E-state index in [4.69, 9.17) is 4.74 Å². The highest BCUT2D eigenvalue weighted by Crippen LogP contribution is 2.38. The molecule has 0 fully saturated rings. The zero-order chi connectivity index (χ0) is 17.1. The highest BCUT2D eigenvalue weighted by Gasteiger charge is 2.35. The van der Waals surface area contributed by atoms with Gasteiger partial charge in [0.25, 0.3) is 0 Å². The number of hydrogen-bond donors (Lipinski definition) is 1. The Balaban J connectivity index is 3.17. The first-order chi connectivity index (χ1) is 10.1. The third-order valence-electron chi connectivity index (χ3n) is 2.57. The van der Waals surface area contributed by atoms with Crippen LogP contribution in [0.4, 0.5) is 4.79 Å². The molecule has 0 aliphatic rings. The molecule has 22 heavy (non-hydrogen) atoms. The maximum absolute atomic E-state index is 12.4. The lowest BCUT2D eigenvalue weighted by Crippen LogP contribution is -2.42. The molecular weight excluding hydrogens is 438 g/mol. The Labute approximate surface area is 150 Å². The summed E-state index contributed by atoms with van der Waals surface area (Å²) in [7, 11) is 0. The van der Waals surface area contributed by atoms with E-state index in [-0.39, 0.29) is 0 Å². The lowest BCUT2D eigenvalue weighted by molar-refractivity contribution is -0.143. The van der Waals surface area contributed by atoms with Gasteiger partial charge in [0.15, 0.2) is 6.04 Å². The molecule has 1 unspecified atom stereocenters. The fourth-order valence-electron chi connectivity index (χ4n) is 1.79. The van der Waals surface area contributed by atoms with Crippen molar-refractivity contribution in [2.24, 2.45) is 0 Å². The van der Waals surface area contributed by atoms with Gasteiger partial charge in [-0.05, 0) is 65.1 Å². The fraction of sp³-hybridized carbons (Fsp3) is 0.571. The van der Waals surface area contributed by atoms with Gasteiger partial charge in [-0.2, -0.15) is 0 Å². The van der Waals surface area contributed by atoms with Gasteiger partial charge < -0.3 is 9.84 Å². The van der Waals surface area contributed by atoms with Gasteiger partial charge in [-0.25, -0.2) is 9.59 Å². The van der Waals surface area contributed by atoms with Crippen LogP contribution in [0.1, 0.15) is 45.0 Å². The smallest absolute Gasteiger partial charge is 0.411 e. The summed E-state index contributed by atoms with van der Waals surface area (Å²) in [6, 6.07) is 0.642. The zero-order valence-corrected chi connectivity index (χ0v) is 16.8. The first-order valence-corrected chi connectivity index (χ1v) is 9.14. The normalized spacial score (nSPS) is 12.8. The third-order valence-corrected chi connectivity index (χ3v) is 5.88. The Morgan fingerprint density at radius 3 is 2.36 bits per heavy atom. The van der Waals surface area contributed by atoms with Crippen molar-refractivity contribution in [1.29, 1.82) is 0 Å². The summed E-state index contributed by atoms with van der Waals surface area (Å²) in [5.41, 5.74) is -0.678. The van der Waals surface area contributed by atoms with Crippen LogP contribution in [0, 0.1) is 0 Å². The summed E-state index contributed by atoms with van der Waals surface area (Å²) in [4.78, 5) is 25.9. The molecule has 5 nitrogen and oxygen atoms in total. The van der Waals surface area contributed by atoms with Crippen LogP contribution in [-0.4, -0.2) is 34.2 Å². The Kier molecular flexibility index (Phi) is 6.88. The number of rotatable bonds is 5. The summed E-state index contributed by atoms with van der Waals surface area (Å²) in [6.45, 7) is 7.45. The summed E-state index contributed by atoms with van der Waals surface area (Å²) < 4.78 is 6.90. The average Bonchev–Trinajstić information content (AvgIpc) is 2.66. The van der Waals surface area contributed by atoms with E-state index in [2.05, 4.69) is 31.9 Å². The molecule has 8 heteroatoms. The molecule has 0 spiro atoms. The molecule has 0 aromatic carbocycles. The van der Waals surface area contributed by atoms with Crippen LogP contribution in [-0.2, 0) is 9.53 Å². The maximum Gasteiger partial charge on any atom is 0.411 e. The number of halogens is 2. The zero-order valence-electron chi connectivity index (χ0n) is 12.9. The summed E-state index contributed by atoms with van der Waals surface area (Å²) in [5.74, 6) is -1.08. The second kappa shape index (κ2) is 7.79. The number of nitrogens with zero attached hydrogens (tertiary/aromatic N) is 1. The Morgan fingerprint density at radius 1 is 1.41 bits per heavy atom. The standard InChI is InChI=1S/C14H19Br2NO4S/c1-5-6-17(13(20)21-14(2,3)4)10(12(18)19)9-7-8(15)11(16)22-9/h7,10H,5-6H2,1-4H3,(H,18,19). The Morgan fingerprint density at radius 2 is 2.00 bits per heavy atom. The van der Waals surface area contributed by atoms with Crippen LogP contribution in [0.2, 0.25) is 0 Å².